The van der Waals surface area contributed by atoms with E-state index in [4.69, 9.17) is 4.42 Å². The van der Waals surface area contributed by atoms with Crippen LogP contribution < -0.4 is 5.43 Å². The summed E-state index contributed by atoms with van der Waals surface area (Å²) in [7, 11) is 0. The monoisotopic (exact) mass is 294 g/mol. The van der Waals surface area contributed by atoms with Gasteiger partial charge in [0, 0.05) is 5.56 Å². The Morgan fingerprint density at radius 1 is 0.905 bits per heavy atom. The molecule has 21 heavy (non-hydrogen) atoms. The second-order valence-corrected chi connectivity index (χ2v) is 4.31. The van der Waals surface area contributed by atoms with E-state index < -0.39 is 11.2 Å². The molecule has 0 saturated carbocycles. The summed E-state index contributed by atoms with van der Waals surface area (Å²) < 4.78 is 5.51. The van der Waals surface area contributed by atoms with Crippen LogP contribution in [0.5, 0.6) is 17.2 Å². The van der Waals surface area contributed by atoms with Crippen molar-refractivity contribution in [1.29, 1.82) is 0 Å². The molecular weight excluding hydrogens is 284 g/mol. The van der Waals surface area contributed by atoms with Crippen LogP contribution in [0.2, 0.25) is 0 Å². The minimum Gasteiger partial charge on any atom is -0.504 e. The van der Waals surface area contributed by atoms with Gasteiger partial charge in [0.2, 0.25) is 11.2 Å². The SMILES string of the molecule is O=c1c(O)c(-c2ccc(O)c(O)c2)oc2ccccc12.[Mg+2]. The molecule has 6 heteroatoms. The van der Waals surface area contributed by atoms with Crippen molar-refractivity contribution in [3.8, 4) is 28.6 Å². The van der Waals surface area contributed by atoms with Crippen molar-refractivity contribution in [2.45, 2.75) is 0 Å². The number of phenolic OH excluding ortho intramolecular Hbond substituents is 2. The average molecular weight is 295 g/mol. The Kier molecular flexibility index (Phi) is 4.10. The van der Waals surface area contributed by atoms with Crippen LogP contribution in [-0.2, 0) is 0 Å². The molecule has 3 aromatic rings. The fourth-order valence-electron chi connectivity index (χ4n) is 1.99. The normalized spacial score (nSPS) is 10.3. The maximum atomic E-state index is 12.1. The summed E-state index contributed by atoms with van der Waals surface area (Å²) >= 11 is 0. The molecule has 0 bridgehead atoms. The predicted molar refractivity (Wildman–Crippen MR) is 78.7 cm³/mol. The number of aromatic hydroxyl groups is 3. The molecule has 0 saturated heterocycles. The summed E-state index contributed by atoms with van der Waals surface area (Å²) in [5, 5.41) is 29.0. The molecule has 5 nitrogen and oxygen atoms in total. The van der Waals surface area contributed by atoms with Crippen LogP contribution in [0, 0.1) is 0 Å². The average Bonchev–Trinajstić information content (AvgIpc) is 2.46. The molecule has 0 atom stereocenters. The van der Waals surface area contributed by atoms with Crippen molar-refractivity contribution in [2.24, 2.45) is 0 Å². The molecule has 0 amide bonds. The molecule has 0 aliphatic rings. The van der Waals surface area contributed by atoms with Gasteiger partial charge in [-0.1, -0.05) is 12.1 Å². The first-order chi connectivity index (χ1) is 9.58. The number of benzene rings is 2. The van der Waals surface area contributed by atoms with Crippen LogP contribution in [0.4, 0.5) is 0 Å². The number of rotatable bonds is 1. The summed E-state index contributed by atoms with van der Waals surface area (Å²) in [6, 6.07) is 10.4. The summed E-state index contributed by atoms with van der Waals surface area (Å²) in [6.45, 7) is 0. The molecule has 0 fully saturated rings. The fourth-order valence-corrected chi connectivity index (χ4v) is 1.99. The van der Waals surface area contributed by atoms with E-state index in [-0.39, 0.29) is 45.7 Å². The van der Waals surface area contributed by atoms with Crippen molar-refractivity contribution >= 4 is 34.0 Å². The molecule has 2 aromatic carbocycles. The van der Waals surface area contributed by atoms with Gasteiger partial charge in [0.15, 0.2) is 17.3 Å². The largest absolute Gasteiger partial charge is 2.00 e. The standard InChI is InChI=1S/C15H10O5.Mg/c16-10-6-5-8(7-11(10)17)15-14(19)13(18)9-3-1-2-4-12(9)20-15;/h1-7,16-17,19H;/q;+2. The molecule has 0 aliphatic carbocycles. The zero-order chi connectivity index (χ0) is 14.3. The molecule has 0 unspecified atom stereocenters. The van der Waals surface area contributed by atoms with Crippen LogP contribution in [0.15, 0.2) is 51.7 Å². The fraction of sp³-hybridized carbons (Fsp3) is 0. The molecule has 1 heterocycles. The Balaban J connectivity index is 0.00000161. The van der Waals surface area contributed by atoms with E-state index in [0.29, 0.717) is 11.1 Å². The smallest absolute Gasteiger partial charge is 0.504 e. The predicted octanol–water partition coefficient (Wildman–Crippen LogP) is 2.20. The minimum absolute atomic E-state index is 0. The van der Waals surface area contributed by atoms with E-state index in [2.05, 4.69) is 0 Å². The number of phenols is 2. The Hall–Kier alpha value is -2.18. The number of fused-ring (bicyclic) bond motifs is 1. The zero-order valence-electron chi connectivity index (χ0n) is 10.9. The van der Waals surface area contributed by atoms with E-state index >= 15 is 0 Å². The van der Waals surface area contributed by atoms with Gasteiger partial charge in [-0.15, -0.1) is 0 Å². The van der Waals surface area contributed by atoms with Crippen LogP contribution in [0.3, 0.4) is 0 Å². The van der Waals surface area contributed by atoms with Crippen molar-refractivity contribution in [1.82, 2.24) is 0 Å². The Morgan fingerprint density at radius 2 is 1.62 bits per heavy atom. The molecule has 0 spiro atoms. The van der Waals surface area contributed by atoms with E-state index in [1.807, 2.05) is 0 Å². The second-order valence-electron chi connectivity index (χ2n) is 4.31. The zero-order valence-corrected chi connectivity index (χ0v) is 12.3. The summed E-state index contributed by atoms with van der Waals surface area (Å²) in [4.78, 5) is 12.1. The third kappa shape index (κ3) is 2.55. The Morgan fingerprint density at radius 3 is 2.33 bits per heavy atom. The van der Waals surface area contributed by atoms with Gasteiger partial charge in [0.25, 0.3) is 0 Å². The maximum absolute atomic E-state index is 12.1. The van der Waals surface area contributed by atoms with Gasteiger partial charge < -0.3 is 19.7 Å². The number of para-hydroxylation sites is 1. The molecule has 0 aliphatic heterocycles. The maximum Gasteiger partial charge on any atom is 2.00 e. The molecule has 1 aromatic heterocycles. The van der Waals surface area contributed by atoms with E-state index in [9.17, 15) is 20.1 Å². The van der Waals surface area contributed by atoms with Crippen LogP contribution >= 0.6 is 0 Å². The first-order valence-corrected chi connectivity index (χ1v) is 5.85. The quantitative estimate of drug-likeness (QED) is 0.473. The summed E-state index contributed by atoms with van der Waals surface area (Å²) in [5.74, 6) is -1.24. The van der Waals surface area contributed by atoms with Crippen molar-refractivity contribution < 1.29 is 19.7 Å². The molecular formula is C15H10MgO5+2. The topological polar surface area (TPSA) is 90.9 Å². The van der Waals surface area contributed by atoms with Gasteiger partial charge in [-0.05, 0) is 30.3 Å². The number of hydrogen-bond donors (Lipinski definition) is 3. The third-order valence-corrected chi connectivity index (χ3v) is 3.01. The van der Waals surface area contributed by atoms with Crippen LogP contribution in [0.1, 0.15) is 0 Å². The van der Waals surface area contributed by atoms with Gasteiger partial charge in [-0.2, -0.15) is 0 Å². The van der Waals surface area contributed by atoms with E-state index in [1.54, 1.807) is 24.3 Å². The summed E-state index contributed by atoms with van der Waals surface area (Å²) in [6.07, 6.45) is 0. The van der Waals surface area contributed by atoms with Crippen molar-refractivity contribution in [3.63, 3.8) is 0 Å². The van der Waals surface area contributed by atoms with Crippen molar-refractivity contribution in [3.05, 3.63) is 52.7 Å². The van der Waals surface area contributed by atoms with Gasteiger partial charge in [0.1, 0.15) is 5.58 Å². The van der Waals surface area contributed by atoms with Gasteiger partial charge >= 0.3 is 23.1 Å². The Labute approximate surface area is 135 Å². The third-order valence-electron chi connectivity index (χ3n) is 3.01. The first-order valence-electron chi connectivity index (χ1n) is 5.85. The van der Waals surface area contributed by atoms with Crippen LogP contribution in [0.25, 0.3) is 22.3 Å². The Bertz CT molecular complexity index is 870. The van der Waals surface area contributed by atoms with E-state index in [1.165, 1.54) is 18.2 Å². The minimum atomic E-state index is -0.547. The van der Waals surface area contributed by atoms with Gasteiger partial charge in [-0.3, -0.25) is 4.79 Å². The molecule has 0 radical (unpaired) electrons. The second kappa shape index (κ2) is 5.67. The molecule has 3 rings (SSSR count). The first kappa shape index (κ1) is 15.2. The number of hydrogen-bond acceptors (Lipinski definition) is 5. The molecule has 3 N–H and O–H groups in total. The van der Waals surface area contributed by atoms with Crippen molar-refractivity contribution in [2.75, 3.05) is 0 Å². The molecule has 100 valence electrons. The van der Waals surface area contributed by atoms with Gasteiger partial charge in [0.05, 0.1) is 5.39 Å². The summed E-state index contributed by atoms with van der Waals surface area (Å²) in [5.41, 5.74) is 0.0768. The van der Waals surface area contributed by atoms with Gasteiger partial charge in [-0.25, -0.2) is 0 Å². The van der Waals surface area contributed by atoms with E-state index in [0.717, 1.165) is 0 Å². The van der Waals surface area contributed by atoms with Crippen LogP contribution in [-0.4, -0.2) is 38.4 Å².